The number of carbonyl (C=O) groups is 1. The molecular formula is C14H26N2O2. The van der Waals surface area contributed by atoms with Crippen LogP contribution in [-0.2, 0) is 4.79 Å². The first kappa shape index (κ1) is 13.8. The number of rotatable bonds is 6. The second-order valence-electron chi connectivity index (χ2n) is 5.71. The highest BCUT2D eigenvalue weighted by molar-refractivity contribution is 5.83. The molecule has 2 fully saturated rings. The van der Waals surface area contributed by atoms with Crippen LogP contribution in [0.5, 0.6) is 0 Å². The van der Waals surface area contributed by atoms with Crippen molar-refractivity contribution in [1.82, 2.24) is 10.2 Å². The van der Waals surface area contributed by atoms with Gasteiger partial charge < -0.3 is 15.3 Å². The van der Waals surface area contributed by atoms with Gasteiger partial charge >= 0.3 is 0 Å². The molecule has 0 spiro atoms. The van der Waals surface area contributed by atoms with Crippen molar-refractivity contribution in [2.45, 2.75) is 45.1 Å². The lowest BCUT2D eigenvalue weighted by atomic mass is 9.96. The topological polar surface area (TPSA) is 52.6 Å². The molecule has 2 rings (SSSR count). The van der Waals surface area contributed by atoms with Crippen molar-refractivity contribution in [1.29, 1.82) is 0 Å². The molecule has 2 N–H and O–H groups in total. The summed E-state index contributed by atoms with van der Waals surface area (Å²) in [5.41, 5.74) is 0. The first-order valence-corrected chi connectivity index (χ1v) is 7.39. The molecule has 4 heteroatoms. The predicted octanol–water partition coefficient (Wildman–Crippen LogP) is 0.995. The number of nitrogens with zero attached hydrogens (tertiary/aromatic N) is 1. The molecule has 104 valence electrons. The molecule has 1 saturated carbocycles. The fourth-order valence-electron chi connectivity index (χ4n) is 3.31. The average molecular weight is 254 g/mol. The summed E-state index contributed by atoms with van der Waals surface area (Å²) >= 11 is 0. The van der Waals surface area contributed by atoms with Crippen molar-refractivity contribution in [3.05, 3.63) is 0 Å². The highest BCUT2D eigenvalue weighted by Gasteiger charge is 2.35. The summed E-state index contributed by atoms with van der Waals surface area (Å²) in [7, 11) is 0. The van der Waals surface area contributed by atoms with Crippen molar-refractivity contribution in [2.75, 3.05) is 26.2 Å². The summed E-state index contributed by atoms with van der Waals surface area (Å²) in [6.45, 7) is 5.06. The molecule has 1 aliphatic heterocycles. The molecule has 0 aromatic heterocycles. The van der Waals surface area contributed by atoms with E-state index in [-0.39, 0.29) is 18.6 Å². The van der Waals surface area contributed by atoms with Crippen molar-refractivity contribution >= 4 is 5.91 Å². The third-order valence-corrected chi connectivity index (χ3v) is 4.44. The Hall–Kier alpha value is -0.610. The van der Waals surface area contributed by atoms with Gasteiger partial charge in [0.25, 0.3) is 0 Å². The van der Waals surface area contributed by atoms with Gasteiger partial charge in [0.2, 0.25) is 5.91 Å². The molecule has 1 saturated heterocycles. The normalized spacial score (nSPS) is 32.4. The summed E-state index contributed by atoms with van der Waals surface area (Å²) in [6.07, 6.45) is 5.51. The van der Waals surface area contributed by atoms with Crippen LogP contribution in [0.25, 0.3) is 0 Å². The lowest BCUT2D eigenvalue weighted by Crippen LogP contribution is -2.40. The van der Waals surface area contributed by atoms with E-state index in [0.29, 0.717) is 11.8 Å². The number of aliphatic hydroxyl groups excluding tert-OH is 1. The predicted molar refractivity (Wildman–Crippen MR) is 71.2 cm³/mol. The minimum atomic E-state index is 0.0407. The maximum Gasteiger partial charge on any atom is 0.239 e. The Morgan fingerprint density at radius 3 is 2.83 bits per heavy atom. The van der Waals surface area contributed by atoms with E-state index in [1.165, 1.54) is 12.8 Å². The Bertz CT molecular complexity index is 283. The molecular weight excluding hydrogens is 228 g/mol. The maximum atomic E-state index is 12.2. The van der Waals surface area contributed by atoms with Crippen molar-refractivity contribution < 1.29 is 9.90 Å². The number of hydrogen-bond donors (Lipinski definition) is 2. The molecule has 1 amide bonds. The summed E-state index contributed by atoms with van der Waals surface area (Å²) < 4.78 is 0. The lowest BCUT2D eigenvalue weighted by Gasteiger charge is -2.24. The summed E-state index contributed by atoms with van der Waals surface area (Å²) in [6, 6.07) is 0.0407. The van der Waals surface area contributed by atoms with E-state index >= 15 is 0 Å². The average Bonchev–Trinajstić information content (AvgIpc) is 2.96. The first-order valence-electron chi connectivity index (χ1n) is 7.39. The number of nitrogens with one attached hydrogen (secondary N) is 1. The molecule has 4 nitrogen and oxygen atoms in total. The second-order valence-corrected chi connectivity index (χ2v) is 5.71. The molecule has 0 aromatic carbocycles. The molecule has 1 heterocycles. The van der Waals surface area contributed by atoms with Gasteiger partial charge in [-0.3, -0.25) is 4.79 Å². The van der Waals surface area contributed by atoms with Crippen LogP contribution in [0.3, 0.4) is 0 Å². The lowest BCUT2D eigenvalue weighted by molar-refractivity contribution is -0.130. The third kappa shape index (κ3) is 3.04. The van der Waals surface area contributed by atoms with E-state index in [2.05, 4.69) is 12.2 Å². The van der Waals surface area contributed by atoms with Gasteiger partial charge in [-0.05, 0) is 44.1 Å². The molecule has 0 radical (unpaired) electrons. The van der Waals surface area contributed by atoms with Crippen LogP contribution in [0.4, 0.5) is 0 Å². The number of carbonyl (C=O) groups excluding carboxylic acids is 1. The Labute approximate surface area is 110 Å². The molecule has 2 aliphatic rings. The summed E-state index contributed by atoms with van der Waals surface area (Å²) in [4.78, 5) is 14.2. The molecule has 1 aliphatic carbocycles. The van der Waals surface area contributed by atoms with E-state index in [1.54, 1.807) is 0 Å². The Kier molecular flexibility index (Phi) is 5.01. The van der Waals surface area contributed by atoms with E-state index in [1.807, 2.05) is 4.90 Å². The first-order chi connectivity index (χ1) is 8.76. The Morgan fingerprint density at radius 1 is 1.33 bits per heavy atom. The van der Waals surface area contributed by atoms with Crippen molar-refractivity contribution in [3.63, 3.8) is 0 Å². The highest BCUT2D eigenvalue weighted by atomic mass is 16.3. The van der Waals surface area contributed by atoms with Crippen molar-refractivity contribution in [3.8, 4) is 0 Å². The van der Waals surface area contributed by atoms with E-state index in [4.69, 9.17) is 0 Å². The fourth-order valence-corrected chi connectivity index (χ4v) is 3.31. The van der Waals surface area contributed by atoms with E-state index in [9.17, 15) is 9.90 Å². The van der Waals surface area contributed by atoms with Crippen LogP contribution in [-0.4, -0.2) is 48.2 Å². The van der Waals surface area contributed by atoms with Gasteiger partial charge in [0, 0.05) is 19.7 Å². The Morgan fingerprint density at radius 2 is 2.11 bits per heavy atom. The van der Waals surface area contributed by atoms with E-state index < -0.39 is 0 Å². The van der Waals surface area contributed by atoms with Crippen LogP contribution >= 0.6 is 0 Å². The van der Waals surface area contributed by atoms with Gasteiger partial charge in [0.1, 0.15) is 0 Å². The molecule has 18 heavy (non-hydrogen) atoms. The molecule has 0 bridgehead atoms. The minimum Gasteiger partial charge on any atom is -0.396 e. The van der Waals surface area contributed by atoms with Gasteiger partial charge in [-0.1, -0.05) is 13.3 Å². The second kappa shape index (κ2) is 6.53. The third-order valence-electron chi connectivity index (χ3n) is 4.44. The number of aliphatic hydroxyl groups is 1. The van der Waals surface area contributed by atoms with Crippen LogP contribution in [0.2, 0.25) is 0 Å². The van der Waals surface area contributed by atoms with Crippen LogP contribution < -0.4 is 5.32 Å². The monoisotopic (exact) mass is 254 g/mol. The quantitative estimate of drug-likeness (QED) is 0.743. The van der Waals surface area contributed by atoms with Gasteiger partial charge in [-0.2, -0.15) is 0 Å². The maximum absolute atomic E-state index is 12.2. The highest BCUT2D eigenvalue weighted by Crippen LogP contribution is 2.32. The fraction of sp³-hybridized carbons (Fsp3) is 0.929. The van der Waals surface area contributed by atoms with Gasteiger partial charge in [-0.25, -0.2) is 0 Å². The Balaban J connectivity index is 1.82. The van der Waals surface area contributed by atoms with E-state index in [0.717, 1.165) is 38.9 Å². The van der Waals surface area contributed by atoms with Crippen LogP contribution in [0, 0.1) is 11.8 Å². The number of likely N-dealkylation sites (tertiary alicyclic amines) is 1. The molecule has 3 atom stereocenters. The van der Waals surface area contributed by atoms with Gasteiger partial charge in [-0.15, -0.1) is 0 Å². The molecule has 0 aromatic rings. The van der Waals surface area contributed by atoms with Crippen LogP contribution in [0.1, 0.15) is 39.0 Å². The zero-order valence-corrected chi connectivity index (χ0v) is 11.4. The summed E-state index contributed by atoms with van der Waals surface area (Å²) in [5, 5.41) is 12.6. The van der Waals surface area contributed by atoms with Crippen molar-refractivity contribution in [2.24, 2.45) is 11.8 Å². The minimum absolute atomic E-state index is 0.0407. The van der Waals surface area contributed by atoms with Gasteiger partial charge in [0.05, 0.1) is 6.04 Å². The number of hydrogen-bond acceptors (Lipinski definition) is 3. The smallest absolute Gasteiger partial charge is 0.239 e. The molecule has 3 unspecified atom stereocenters. The standard InChI is InChI=1S/C14H26N2O2/c1-2-7-15-13-6-8-16(14(13)18)9-11-4-3-5-12(11)10-17/h11-13,15,17H,2-10H2,1H3. The number of amides is 1. The SMILES string of the molecule is CCCNC1CCN(CC2CCCC2CO)C1=O. The largest absolute Gasteiger partial charge is 0.396 e. The zero-order valence-electron chi connectivity index (χ0n) is 11.4. The summed E-state index contributed by atoms with van der Waals surface area (Å²) in [5.74, 6) is 1.20. The zero-order chi connectivity index (χ0) is 13.0. The van der Waals surface area contributed by atoms with Gasteiger partial charge in [0.15, 0.2) is 0 Å². The van der Waals surface area contributed by atoms with Crippen LogP contribution in [0.15, 0.2) is 0 Å².